The SMILES string of the molecule is CC(=O)Nc1ccc(C(=O)c2sc(N(c3ccc(F)cc3)C(C)C(N)=O)nc2N)cc1. The molecule has 1 unspecified atom stereocenters. The van der Waals surface area contributed by atoms with Gasteiger partial charge < -0.3 is 21.7 Å². The second kappa shape index (κ2) is 8.92. The minimum atomic E-state index is -0.823. The standard InChI is InChI=1S/C21H20FN5O3S/c1-11(20(24)30)27(16-9-5-14(22)6-10-16)21-26-19(23)18(31-21)17(29)13-3-7-15(8-4-13)25-12(2)28/h3-11H,23H2,1-2H3,(H2,24,30)(H,25,28). The Balaban J connectivity index is 1.96. The Hall–Kier alpha value is -3.79. The maximum Gasteiger partial charge on any atom is 0.240 e. The van der Waals surface area contributed by atoms with Crippen molar-refractivity contribution in [3.8, 4) is 0 Å². The molecule has 8 nitrogen and oxygen atoms in total. The number of hydrogen-bond donors (Lipinski definition) is 3. The number of carbonyl (C=O) groups is 3. The number of aromatic nitrogens is 1. The van der Waals surface area contributed by atoms with Gasteiger partial charge in [0.25, 0.3) is 0 Å². The molecule has 0 radical (unpaired) electrons. The first-order valence-electron chi connectivity index (χ1n) is 9.20. The van der Waals surface area contributed by atoms with Gasteiger partial charge in [-0.25, -0.2) is 9.37 Å². The first-order chi connectivity index (χ1) is 14.7. The smallest absolute Gasteiger partial charge is 0.240 e. The van der Waals surface area contributed by atoms with Crippen molar-refractivity contribution in [2.75, 3.05) is 16.0 Å². The molecule has 3 aromatic rings. The molecule has 1 atom stereocenters. The summed E-state index contributed by atoms with van der Waals surface area (Å²) in [7, 11) is 0. The summed E-state index contributed by atoms with van der Waals surface area (Å²) in [5.41, 5.74) is 12.9. The number of hydrogen-bond acceptors (Lipinski definition) is 7. The Morgan fingerprint density at radius 3 is 2.26 bits per heavy atom. The number of carbonyl (C=O) groups excluding carboxylic acids is 3. The minimum absolute atomic E-state index is 0.000260. The Morgan fingerprint density at radius 2 is 1.71 bits per heavy atom. The molecule has 1 aromatic heterocycles. The highest BCUT2D eigenvalue weighted by Gasteiger charge is 2.27. The van der Waals surface area contributed by atoms with Crippen LogP contribution in [0.25, 0.3) is 0 Å². The number of nitrogens with two attached hydrogens (primary N) is 2. The summed E-state index contributed by atoms with van der Waals surface area (Å²) in [5.74, 6) is -1.65. The van der Waals surface area contributed by atoms with Gasteiger partial charge in [-0.1, -0.05) is 11.3 Å². The summed E-state index contributed by atoms with van der Waals surface area (Å²) in [4.78, 5) is 41.9. The van der Waals surface area contributed by atoms with Gasteiger partial charge in [0.15, 0.2) is 5.13 Å². The molecule has 0 aliphatic heterocycles. The lowest BCUT2D eigenvalue weighted by Gasteiger charge is -2.26. The van der Waals surface area contributed by atoms with E-state index in [0.717, 1.165) is 11.3 Å². The van der Waals surface area contributed by atoms with Crippen molar-refractivity contribution in [3.05, 3.63) is 64.8 Å². The normalized spacial score (nSPS) is 11.6. The number of ketones is 1. The fourth-order valence-electron chi connectivity index (χ4n) is 2.85. The fourth-order valence-corrected chi connectivity index (χ4v) is 3.90. The molecular weight excluding hydrogens is 421 g/mol. The number of nitrogens with one attached hydrogen (secondary N) is 1. The van der Waals surface area contributed by atoms with E-state index in [1.807, 2.05) is 0 Å². The molecule has 0 saturated carbocycles. The minimum Gasteiger partial charge on any atom is -0.382 e. The quantitative estimate of drug-likeness (QED) is 0.483. The number of nitrogen functional groups attached to an aromatic ring is 1. The Morgan fingerprint density at radius 1 is 1.10 bits per heavy atom. The lowest BCUT2D eigenvalue weighted by molar-refractivity contribution is -0.118. The summed E-state index contributed by atoms with van der Waals surface area (Å²) >= 11 is 0.999. The second-order valence-corrected chi connectivity index (χ2v) is 7.70. The molecule has 0 bridgehead atoms. The van der Waals surface area contributed by atoms with E-state index in [0.29, 0.717) is 16.9 Å². The highest BCUT2D eigenvalue weighted by atomic mass is 32.1. The number of primary amides is 1. The maximum absolute atomic E-state index is 13.4. The van der Waals surface area contributed by atoms with E-state index in [4.69, 9.17) is 11.5 Å². The first-order valence-corrected chi connectivity index (χ1v) is 10.0. The van der Waals surface area contributed by atoms with Crippen LogP contribution < -0.4 is 21.7 Å². The van der Waals surface area contributed by atoms with Crippen LogP contribution in [0, 0.1) is 5.82 Å². The van der Waals surface area contributed by atoms with Gasteiger partial charge >= 0.3 is 0 Å². The molecule has 2 amide bonds. The van der Waals surface area contributed by atoms with E-state index in [1.54, 1.807) is 31.2 Å². The Bertz CT molecular complexity index is 1130. The van der Waals surface area contributed by atoms with Crippen molar-refractivity contribution in [2.24, 2.45) is 5.73 Å². The summed E-state index contributed by atoms with van der Waals surface area (Å²) in [6, 6.07) is 11.0. The number of amides is 2. The topological polar surface area (TPSA) is 131 Å². The zero-order chi connectivity index (χ0) is 22.7. The number of benzene rings is 2. The number of anilines is 4. The van der Waals surface area contributed by atoms with Gasteiger partial charge in [0.05, 0.1) is 0 Å². The third-order valence-electron chi connectivity index (χ3n) is 4.43. The fraction of sp³-hybridized carbons (Fsp3) is 0.143. The van der Waals surface area contributed by atoms with Crippen LogP contribution in [0.15, 0.2) is 48.5 Å². The first kappa shape index (κ1) is 21.9. The highest BCUT2D eigenvalue weighted by Crippen LogP contribution is 2.36. The number of halogens is 1. The van der Waals surface area contributed by atoms with Gasteiger partial charge in [0.2, 0.25) is 17.6 Å². The highest BCUT2D eigenvalue weighted by molar-refractivity contribution is 7.18. The van der Waals surface area contributed by atoms with Crippen LogP contribution >= 0.6 is 11.3 Å². The van der Waals surface area contributed by atoms with Crippen LogP contribution in [0.3, 0.4) is 0 Å². The summed E-state index contributed by atoms with van der Waals surface area (Å²) in [5, 5.41) is 2.90. The van der Waals surface area contributed by atoms with Crippen LogP contribution in [0.2, 0.25) is 0 Å². The van der Waals surface area contributed by atoms with E-state index in [1.165, 1.54) is 36.1 Å². The van der Waals surface area contributed by atoms with Gasteiger partial charge in [-0.3, -0.25) is 14.4 Å². The van der Waals surface area contributed by atoms with Crippen molar-refractivity contribution in [2.45, 2.75) is 19.9 Å². The van der Waals surface area contributed by atoms with E-state index in [-0.39, 0.29) is 27.5 Å². The van der Waals surface area contributed by atoms with Gasteiger partial charge in [-0.15, -0.1) is 0 Å². The van der Waals surface area contributed by atoms with Crippen molar-refractivity contribution < 1.29 is 18.8 Å². The van der Waals surface area contributed by atoms with Gasteiger partial charge in [0.1, 0.15) is 22.6 Å². The van der Waals surface area contributed by atoms with E-state index < -0.39 is 17.8 Å². The molecule has 2 aromatic carbocycles. The van der Waals surface area contributed by atoms with Crippen LogP contribution in [0.1, 0.15) is 29.1 Å². The van der Waals surface area contributed by atoms with E-state index in [9.17, 15) is 18.8 Å². The number of nitrogens with zero attached hydrogens (tertiary/aromatic N) is 2. The summed E-state index contributed by atoms with van der Waals surface area (Å²) in [6.45, 7) is 2.96. The molecule has 0 aliphatic carbocycles. The summed E-state index contributed by atoms with van der Waals surface area (Å²) < 4.78 is 13.4. The Kier molecular flexibility index (Phi) is 6.30. The van der Waals surface area contributed by atoms with Gasteiger partial charge in [0, 0.05) is 23.9 Å². The molecular formula is C21H20FN5O3S. The average molecular weight is 441 g/mol. The van der Waals surface area contributed by atoms with Crippen molar-refractivity contribution >= 4 is 51.3 Å². The van der Waals surface area contributed by atoms with Crippen molar-refractivity contribution in [1.82, 2.24) is 4.98 Å². The van der Waals surface area contributed by atoms with Crippen molar-refractivity contribution in [3.63, 3.8) is 0 Å². The van der Waals surface area contributed by atoms with Crippen LogP contribution in [-0.4, -0.2) is 28.6 Å². The molecule has 1 heterocycles. The zero-order valence-corrected chi connectivity index (χ0v) is 17.6. The van der Waals surface area contributed by atoms with Crippen LogP contribution in [-0.2, 0) is 9.59 Å². The Labute approximate surface area is 181 Å². The molecule has 0 saturated heterocycles. The molecule has 0 aliphatic rings. The predicted octanol–water partition coefficient (Wildman–Crippen LogP) is 3.07. The van der Waals surface area contributed by atoms with E-state index in [2.05, 4.69) is 10.3 Å². The van der Waals surface area contributed by atoms with Crippen molar-refractivity contribution in [1.29, 1.82) is 0 Å². The second-order valence-electron chi connectivity index (χ2n) is 6.72. The maximum atomic E-state index is 13.4. The molecule has 0 fully saturated rings. The van der Waals surface area contributed by atoms with Gasteiger partial charge in [-0.2, -0.15) is 0 Å². The molecule has 3 rings (SSSR count). The van der Waals surface area contributed by atoms with Crippen LogP contribution in [0.5, 0.6) is 0 Å². The third-order valence-corrected chi connectivity index (χ3v) is 5.49. The molecule has 0 spiro atoms. The molecule has 5 N–H and O–H groups in total. The number of rotatable bonds is 7. The molecule has 10 heteroatoms. The monoisotopic (exact) mass is 441 g/mol. The van der Waals surface area contributed by atoms with Crippen LogP contribution in [0.4, 0.5) is 26.7 Å². The number of thiazole rings is 1. The molecule has 31 heavy (non-hydrogen) atoms. The zero-order valence-electron chi connectivity index (χ0n) is 16.8. The summed E-state index contributed by atoms with van der Waals surface area (Å²) in [6.07, 6.45) is 0. The molecule has 160 valence electrons. The lowest BCUT2D eigenvalue weighted by Crippen LogP contribution is -2.39. The third kappa shape index (κ3) is 4.86. The predicted molar refractivity (Wildman–Crippen MR) is 118 cm³/mol. The van der Waals surface area contributed by atoms with Gasteiger partial charge in [-0.05, 0) is 55.5 Å². The average Bonchev–Trinajstić information content (AvgIpc) is 3.10. The largest absolute Gasteiger partial charge is 0.382 e. The lowest BCUT2D eigenvalue weighted by atomic mass is 10.1. The van der Waals surface area contributed by atoms with E-state index >= 15 is 0 Å².